The number of benzene rings is 9. The van der Waals surface area contributed by atoms with Crippen molar-refractivity contribution in [1.29, 1.82) is 0 Å². The number of para-hydroxylation sites is 3. The minimum absolute atomic E-state index is 0.0909. The summed E-state index contributed by atoms with van der Waals surface area (Å²) in [6.45, 7) is 6.72. The van der Waals surface area contributed by atoms with Gasteiger partial charge in [0.05, 0.1) is 18.1 Å². The van der Waals surface area contributed by atoms with Gasteiger partial charge in [-0.3, -0.25) is 4.57 Å². The monoisotopic (exact) mass is 1110 g/mol. The minimum Gasteiger partial charge on any atom is -0.0660 e. The van der Waals surface area contributed by atoms with Crippen molar-refractivity contribution in [2.75, 3.05) is 0 Å². The van der Waals surface area contributed by atoms with Crippen molar-refractivity contribution in [2.24, 2.45) is 0 Å². The molecule has 2 aliphatic heterocycles. The Morgan fingerprint density at radius 2 is 1.20 bits per heavy atom. The molecule has 0 amide bonds. The second-order valence-corrected chi connectivity index (χ2v) is 45.6. The Bertz CT molecular complexity index is 4640. The van der Waals surface area contributed by atoms with Gasteiger partial charge in [-0.1, -0.05) is 115 Å². The molecule has 0 bridgehead atoms. The second kappa shape index (κ2) is 17.4. The average Bonchev–Trinajstić information content (AvgIpc) is 4.23. The molecule has 368 valence electrons. The molecule has 0 saturated carbocycles. The Morgan fingerprint density at radius 1 is 0.553 bits per heavy atom. The fourth-order valence-corrected chi connectivity index (χ4v) is 59.5. The zero-order valence-electron chi connectivity index (χ0n) is 48.7. The van der Waals surface area contributed by atoms with E-state index in [0.29, 0.717) is 22.7 Å². The summed E-state index contributed by atoms with van der Waals surface area (Å²) >= 11 is -4.47. The summed E-state index contributed by atoms with van der Waals surface area (Å²) < 4.78 is 63.1. The molecule has 3 aromatic heterocycles. The van der Waals surface area contributed by atoms with Crippen molar-refractivity contribution in [3.63, 3.8) is 0 Å². The van der Waals surface area contributed by atoms with Crippen molar-refractivity contribution in [3.05, 3.63) is 224 Å². The topological polar surface area (TPSA) is 35.9 Å². The molecule has 0 aliphatic carbocycles. The van der Waals surface area contributed by atoms with E-state index in [9.17, 15) is 2.74 Å². The second-order valence-electron chi connectivity index (χ2n) is 22.9. The number of hydrogen-bond donors (Lipinski definition) is 0. The molecule has 9 aromatic carbocycles. The first-order valence-corrected chi connectivity index (χ1v) is 39.7. The van der Waals surface area contributed by atoms with Gasteiger partial charge in [-0.05, 0) is 44.5 Å². The van der Waals surface area contributed by atoms with Crippen molar-refractivity contribution < 1.29 is 16.2 Å². The Kier molecular flexibility index (Phi) is 9.52. The summed E-state index contributed by atoms with van der Waals surface area (Å²) in [6.07, 6.45) is 5.74. The van der Waals surface area contributed by atoms with E-state index in [1.807, 2.05) is 51.7 Å². The van der Waals surface area contributed by atoms with Gasteiger partial charge in [0.15, 0.2) is 0 Å². The molecule has 0 N–H and O–H groups in total. The van der Waals surface area contributed by atoms with Crippen LogP contribution in [0.1, 0.15) is 33.2 Å². The summed E-state index contributed by atoms with van der Waals surface area (Å²) in [5.41, 5.74) is 15.0. The number of fused-ring (bicyclic) bond motifs is 11. The standard InChI is InChI=1S/C69H58Ge2N4O/c1-69(2,3)47-36-37-72-65(39-47)75-62-32-16-15-28-58(62)66-59(46-34-35-60-61(38-46)71(6,7)43-70(60,4)5)41-50(42-64(66)75)76-49-23-17-22-48(40-49)73-44-74-67-51(45-20-9-8-10-21-45)29-18-30-56(67)54-26-13-11-24-52(54)53-25-12-14-27-55(53)57-31-19-33-63(73)68(57)74/h8-42H,43H2,1-7H3/i8D,9D,10D,20D,21D. The van der Waals surface area contributed by atoms with Crippen LogP contribution in [0.5, 0.6) is 11.5 Å². The summed E-state index contributed by atoms with van der Waals surface area (Å²) in [4.78, 5) is 5.07. The first-order valence-electron chi connectivity index (χ1n) is 28.7. The zero-order valence-corrected chi connectivity index (χ0v) is 47.9. The molecular formula is C69H58Ge2N4O. The predicted molar refractivity (Wildman–Crippen MR) is 321 cm³/mol. The van der Waals surface area contributed by atoms with E-state index in [2.05, 4.69) is 194 Å². The maximum absolute atomic E-state index is 9.30. The Hall–Kier alpha value is -7.71. The van der Waals surface area contributed by atoms with Crippen LogP contribution >= 0.6 is 0 Å². The zero-order chi connectivity index (χ0) is 56.0. The van der Waals surface area contributed by atoms with Gasteiger partial charge in [0.1, 0.15) is 0 Å². The van der Waals surface area contributed by atoms with Crippen molar-refractivity contribution >= 4 is 68.2 Å². The molecule has 0 atom stereocenters. The Labute approximate surface area is 457 Å². The van der Waals surface area contributed by atoms with Crippen LogP contribution in [0.2, 0.25) is 27.1 Å². The summed E-state index contributed by atoms with van der Waals surface area (Å²) in [7, 11) is 0. The molecule has 12 aromatic rings. The van der Waals surface area contributed by atoms with Crippen LogP contribution in [0.3, 0.4) is 0 Å². The van der Waals surface area contributed by atoms with Gasteiger partial charge >= 0.3 is 278 Å². The third-order valence-electron chi connectivity index (χ3n) is 16.0. The van der Waals surface area contributed by atoms with Crippen LogP contribution in [-0.4, -0.2) is 40.7 Å². The molecule has 5 heterocycles. The van der Waals surface area contributed by atoms with Crippen molar-refractivity contribution in [3.8, 4) is 84.3 Å². The SMILES string of the molecule is [2H]c1c([2H])c([2H])c(-c2cccc3c2-[n+]2[c-]n(-c4cccc(Oc5cc(-c6cc[c]7[c](c6)[Ge]([CH3])([CH3])[CH2][Ge]7([CH3])[CH3])c6c7ccccc7n(-c7cc(C(C)(C)C)ccn7)c6c5)c4)c4cccc(c42)-c2ccccc2-c2ccccc2-3)c([2H])c1[2H]. The predicted octanol–water partition coefficient (Wildman–Crippen LogP) is 16.3. The quantitative estimate of drug-likeness (QED) is 0.0945. The number of hydrogen-bond acceptors (Lipinski definition) is 2. The third kappa shape index (κ3) is 7.48. The van der Waals surface area contributed by atoms with E-state index in [1.165, 1.54) is 15.2 Å². The summed E-state index contributed by atoms with van der Waals surface area (Å²) in [6, 6.07) is 60.0. The molecule has 7 heteroatoms. The minimum atomic E-state index is -2.30. The molecule has 0 fully saturated rings. The van der Waals surface area contributed by atoms with Crippen LogP contribution in [0, 0.1) is 6.33 Å². The first kappa shape index (κ1) is 41.5. The van der Waals surface area contributed by atoms with Crippen LogP contribution < -0.4 is 18.1 Å². The van der Waals surface area contributed by atoms with E-state index < -0.39 is 44.7 Å². The first-order chi connectivity index (χ1) is 38.9. The van der Waals surface area contributed by atoms with Crippen molar-refractivity contribution in [1.82, 2.24) is 14.1 Å². The van der Waals surface area contributed by atoms with Gasteiger partial charge in [-0.25, -0.2) is 0 Å². The van der Waals surface area contributed by atoms with E-state index in [4.69, 9.17) is 13.8 Å². The van der Waals surface area contributed by atoms with Gasteiger partial charge < -0.3 is 0 Å². The van der Waals surface area contributed by atoms with Gasteiger partial charge in [-0.2, -0.15) is 0 Å². The molecule has 0 radical (unpaired) electrons. The maximum atomic E-state index is 9.30. The fourth-order valence-electron chi connectivity index (χ4n) is 12.8. The normalized spacial score (nSPS) is 15.1. The van der Waals surface area contributed by atoms with E-state index in [0.717, 1.165) is 83.3 Å². The molecule has 0 saturated heterocycles. The number of rotatable bonds is 6. The van der Waals surface area contributed by atoms with Gasteiger partial charge in [0.2, 0.25) is 0 Å². The van der Waals surface area contributed by atoms with Crippen LogP contribution in [0.4, 0.5) is 0 Å². The Balaban J connectivity index is 0.994. The molecule has 0 unspecified atom stereocenters. The van der Waals surface area contributed by atoms with E-state index in [-0.39, 0.29) is 23.1 Å². The number of ether oxygens (including phenoxy) is 1. The van der Waals surface area contributed by atoms with E-state index >= 15 is 0 Å². The van der Waals surface area contributed by atoms with Crippen LogP contribution in [-0.2, 0) is 5.41 Å². The molecule has 76 heavy (non-hydrogen) atoms. The number of pyridine rings is 1. The summed E-state index contributed by atoms with van der Waals surface area (Å²) in [5, 5.41) is 2.32. The summed E-state index contributed by atoms with van der Waals surface area (Å²) in [5.74, 6) is 12.6. The van der Waals surface area contributed by atoms with Gasteiger partial charge in [-0.15, -0.1) is 0 Å². The molecular weight excluding hydrogens is 1050 g/mol. The smallest absolute Gasteiger partial charge is 0.0660 e. The third-order valence-corrected chi connectivity index (χ3v) is 48.0. The fraction of sp³-hybridized carbons (Fsp3) is 0.130. The Morgan fingerprint density at radius 3 is 1.97 bits per heavy atom. The van der Waals surface area contributed by atoms with Crippen molar-refractivity contribution in [2.45, 2.75) is 53.3 Å². The molecule has 2 aliphatic rings. The number of nitrogens with zero attached hydrogens (tertiary/aromatic N) is 4. The van der Waals surface area contributed by atoms with Crippen LogP contribution in [0.15, 0.2) is 212 Å². The number of imidazole rings is 1. The average molecular weight is 1110 g/mol. The molecule has 0 spiro atoms. The molecule has 14 rings (SSSR count). The van der Waals surface area contributed by atoms with Gasteiger partial charge in [0, 0.05) is 0 Å². The van der Waals surface area contributed by atoms with Gasteiger partial charge in [0.25, 0.3) is 0 Å². The molecule has 5 nitrogen and oxygen atoms in total. The van der Waals surface area contributed by atoms with Crippen LogP contribution in [0.25, 0.3) is 106 Å². The van der Waals surface area contributed by atoms with E-state index in [1.54, 1.807) is 8.79 Å². The number of aromatic nitrogens is 4.